The van der Waals surface area contributed by atoms with Crippen molar-refractivity contribution in [1.82, 2.24) is 20.5 Å². The molecule has 0 spiro atoms. The van der Waals surface area contributed by atoms with Crippen molar-refractivity contribution in [2.45, 2.75) is 33.1 Å². The molecule has 0 aliphatic carbocycles. The van der Waals surface area contributed by atoms with E-state index in [1.165, 1.54) is 4.88 Å². The van der Waals surface area contributed by atoms with E-state index < -0.39 is 0 Å². The Hall–Kier alpha value is -2.41. The van der Waals surface area contributed by atoms with Gasteiger partial charge >= 0.3 is 0 Å². The molecule has 2 aromatic rings. The normalized spacial score (nSPS) is 11.4. The minimum absolute atomic E-state index is 0.0260. The van der Waals surface area contributed by atoms with Crippen molar-refractivity contribution in [3.63, 3.8) is 0 Å². The summed E-state index contributed by atoms with van der Waals surface area (Å²) in [6, 6.07) is 7.80. The van der Waals surface area contributed by atoms with E-state index in [-0.39, 0.29) is 5.91 Å². The first-order valence-electron chi connectivity index (χ1n) is 9.79. The van der Waals surface area contributed by atoms with Gasteiger partial charge in [-0.05, 0) is 37.5 Å². The Balaban J connectivity index is 1.85. The standard InChI is InChI=1S/C21H31N5OS/c1-5-18-15-25-19(28-18)11-13-24-21(22-6-2)23-12-10-16-8-7-9-17(14-16)20(27)26(3)4/h7-9,14-15H,5-6,10-13H2,1-4H3,(H2,22,23,24). The molecule has 2 rings (SSSR count). The lowest BCUT2D eigenvalue weighted by molar-refractivity contribution is 0.0827. The lowest BCUT2D eigenvalue weighted by Crippen LogP contribution is -2.38. The molecule has 0 unspecified atom stereocenters. The maximum atomic E-state index is 12.1. The van der Waals surface area contributed by atoms with E-state index in [1.807, 2.05) is 30.5 Å². The molecule has 0 saturated carbocycles. The van der Waals surface area contributed by atoms with Gasteiger partial charge in [-0.3, -0.25) is 9.79 Å². The quantitative estimate of drug-likeness (QED) is 0.501. The van der Waals surface area contributed by atoms with E-state index in [4.69, 9.17) is 0 Å². The number of nitrogens with one attached hydrogen (secondary N) is 2. The average molecular weight is 402 g/mol. The van der Waals surface area contributed by atoms with Crippen molar-refractivity contribution in [3.05, 3.63) is 51.5 Å². The molecule has 0 saturated heterocycles. The highest BCUT2D eigenvalue weighted by Gasteiger charge is 2.08. The summed E-state index contributed by atoms with van der Waals surface area (Å²) in [4.78, 5) is 24.1. The molecule has 6 nitrogen and oxygen atoms in total. The molecule has 28 heavy (non-hydrogen) atoms. The van der Waals surface area contributed by atoms with E-state index in [0.717, 1.165) is 54.4 Å². The van der Waals surface area contributed by atoms with E-state index >= 15 is 0 Å². The van der Waals surface area contributed by atoms with Gasteiger partial charge in [0.15, 0.2) is 5.96 Å². The van der Waals surface area contributed by atoms with Gasteiger partial charge < -0.3 is 15.5 Å². The lowest BCUT2D eigenvalue weighted by atomic mass is 10.1. The van der Waals surface area contributed by atoms with Crippen molar-refractivity contribution in [2.24, 2.45) is 4.99 Å². The molecule has 0 atom stereocenters. The third-order valence-corrected chi connectivity index (χ3v) is 5.38. The van der Waals surface area contributed by atoms with E-state index in [9.17, 15) is 4.79 Å². The highest BCUT2D eigenvalue weighted by atomic mass is 32.1. The summed E-state index contributed by atoms with van der Waals surface area (Å²) in [5.41, 5.74) is 1.85. The molecule has 0 aliphatic rings. The smallest absolute Gasteiger partial charge is 0.253 e. The molecule has 7 heteroatoms. The first-order valence-corrected chi connectivity index (χ1v) is 10.6. The van der Waals surface area contributed by atoms with E-state index in [1.54, 1.807) is 30.3 Å². The van der Waals surface area contributed by atoms with Crippen LogP contribution in [-0.2, 0) is 19.3 Å². The molecule has 1 amide bonds. The predicted molar refractivity (Wildman–Crippen MR) is 117 cm³/mol. The zero-order chi connectivity index (χ0) is 20.4. The van der Waals surface area contributed by atoms with Crippen LogP contribution in [0, 0.1) is 0 Å². The van der Waals surface area contributed by atoms with Crippen LogP contribution in [0.3, 0.4) is 0 Å². The van der Waals surface area contributed by atoms with Crippen molar-refractivity contribution in [1.29, 1.82) is 0 Å². The fraction of sp³-hybridized carbons (Fsp3) is 0.476. The van der Waals surface area contributed by atoms with E-state index in [0.29, 0.717) is 6.54 Å². The SMILES string of the molecule is CCNC(=NCCc1ncc(CC)s1)NCCc1cccc(C(=O)N(C)C)c1. The Morgan fingerprint density at radius 2 is 2.04 bits per heavy atom. The molecule has 1 aromatic heterocycles. The number of nitrogens with zero attached hydrogens (tertiary/aromatic N) is 3. The summed E-state index contributed by atoms with van der Waals surface area (Å²) in [7, 11) is 3.54. The average Bonchev–Trinajstić information content (AvgIpc) is 3.15. The van der Waals surface area contributed by atoms with Gasteiger partial charge in [0.05, 0.1) is 5.01 Å². The second-order valence-electron chi connectivity index (χ2n) is 6.66. The summed E-state index contributed by atoms with van der Waals surface area (Å²) in [5, 5.41) is 7.78. The third kappa shape index (κ3) is 6.96. The van der Waals surface area contributed by atoms with Crippen LogP contribution in [0.15, 0.2) is 35.5 Å². The summed E-state index contributed by atoms with van der Waals surface area (Å²) in [6.45, 7) is 6.48. The van der Waals surface area contributed by atoms with Gasteiger partial charge in [0.1, 0.15) is 0 Å². The van der Waals surface area contributed by atoms with Crippen LogP contribution >= 0.6 is 11.3 Å². The fourth-order valence-corrected chi connectivity index (χ4v) is 3.53. The molecule has 0 bridgehead atoms. The minimum Gasteiger partial charge on any atom is -0.357 e. The number of carbonyl (C=O) groups excluding carboxylic acids is 1. The number of aromatic nitrogens is 1. The number of rotatable bonds is 9. The predicted octanol–water partition coefficient (Wildman–Crippen LogP) is 2.75. The van der Waals surface area contributed by atoms with Crippen molar-refractivity contribution >= 4 is 23.2 Å². The van der Waals surface area contributed by atoms with Gasteiger partial charge in [-0.1, -0.05) is 19.1 Å². The maximum absolute atomic E-state index is 12.1. The van der Waals surface area contributed by atoms with Gasteiger partial charge in [0.2, 0.25) is 0 Å². The molecule has 152 valence electrons. The molecule has 2 N–H and O–H groups in total. The molecule has 0 radical (unpaired) electrons. The first kappa shape index (κ1) is 21.9. The van der Waals surface area contributed by atoms with Crippen LogP contribution in [0.2, 0.25) is 0 Å². The molecular formula is C21H31N5OS. The third-order valence-electron chi connectivity index (χ3n) is 4.18. The number of hydrogen-bond acceptors (Lipinski definition) is 4. The topological polar surface area (TPSA) is 69.6 Å². The van der Waals surface area contributed by atoms with Gasteiger partial charge in [-0.2, -0.15) is 0 Å². The van der Waals surface area contributed by atoms with Crippen LogP contribution in [0.5, 0.6) is 0 Å². The second kappa shape index (κ2) is 11.4. The number of hydrogen-bond donors (Lipinski definition) is 2. The number of carbonyl (C=O) groups is 1. The van der Waals surface area contributed by atoms with Gasteiger partial charge in [-0.15, -0.1) is 11.3 Å². The zero-order valence-electron chi connectivity index (χ0n) is 17.3. The minimum atomic E-state index is 0.0260. The van der Waals surface area contributed by atoms with Crippen molar-refractivity contribution < 1.29 is 4.79 Å². The van der Waals surface area contributed by atoms with Crippen LogP contribution < -0.4 is 10.6 Å². The van der Waals surface area contributed by atoms with Crippen LogP contribution in [0.25, 0.3) is 0 Å². The monoisotopic (exact) mass is 401 g/mol. The Morgan fingerprint density at radius 1 is 1.21 bits per heavy atom. The molecule has 0 fully saturated rings. The van der Waals surface area contributed by atoms with Crippen LogP contribution in [0.4, 0.5) is 0 Å². The van der Waals surface area contributed by atoms with E-state index in [2.05, 4.69) is 34.5 Å². The molecular weight excluding hydrogens is 370 g/mol. The molecule has 1 heterocycles. The summed E-state index contributed by atoms with van der Waals surface area (Å²) in [5.74, 6) is 0.841. The van der Waals surface area contributed by atoms with Crippen molar-refractivity contribution in [3.8, 4) is 0 Å². The number of thiazole rings is 1. The zero-order valence-corrected chi connectivity index (χ0v) is 18.1. The summed E-state index contributed by atoms with van der Waals surface area (Å²) in [6.07, 6.45) is 4.68. The van der Waals surface area contributed by atoms with Gasteiger partial charge in [-0.25, -0.2) is 4.98 Å². The molecule has 1 aromatic carbocycles. The summed E-state index contributed by atoms with van der Waals surface area (Å²) < 4.78 is 0. The lowest BCUT2D eigenvalue weighted by Gasteiger charge is -2.13. The second-order valence-corrected chi connectivity index (χ2v) is 7.86. The largest absolute Gasteiger partial charge is 0.357 e. The Labute approximate surface area is 172 Å². The van der Waals surface area contributed by atoms with Crippen LogP contribution in [-0.4, -0.2) is 55.5 Å². The summed E-state index contributed by atoms with van der Waals surface area (Å²) >= 11 is 1.77. The number of aryl methyl sites for hydroxylation is 1. The Morgan fingerprint density at radius 3 is 2.71 bits per heavy atom. The number of aliphatic imine (C=N–C) groups is 1. The van der Waals surface area contributed by atoms with Crippen molar-refractivity contribution in [2.75, 3.05) is 33.7 Å². The number of guanidine groups is 1. The fourth-order valence-electron chi connectivity index (χ4n) is 2.68. The first-order chi connectivity index (χ1) is 13.5. The van der Waals surface area contributed by atoms with Gasteiger partial charge in [0, 0.05) is 56.8 Å². The highest BCUT2D eigenvalue weighted by molar-refractivity contribution is 7.11. The molecule has 0 aliphatic heterocycles. The number of benzene rings is 1. The maximum Gasteiger partial charge on any atom is 0.253 e. The Bertz CT molecular complexity index is 785. The Kier molecular flexibility index (Phi) is 8.94. The van der Waals surface area contributed by atoms with Gasteiger partial charge in [0.25, 0.3) is 5.91 Å². The van der Waals surface area contributed by atoms with Crippen LogP contribution in [0.1, 0.15) is 39.7 Å². The number of amides is 1. The highest BCUT2D eigenvalue weighted by Crippen LogP contribution is 2.13.